The van der Waals surface area contributed by atoms with Crippen molar-refractivity contribution in [2.75, 3.05) is 26.2 Å². The van der Waals surface area contributed by atoms with E-state index < -0.39 is 11.5 Å². The Bertz CT molecular complexity index is 872. The van der Waals surface area contributed by atoms with Gasteiger partial charge in [-0.25, -0.2) is 0 Å². The molecule has 1 aromatic carbocycles. The van der Waals surface area contributed by atoms with Crippen molar-refractivity contribution in [1.82, 2.24) is 15.5 Å². The summed E-state index contributed by atoms with van der Waals surface area (Å²) in [5, 5.41) is 5.85. The molecule has 1 saturated heterocycles. The van der Waals surface area contributed by atoms with E-state index in [0.29, 0.717) is 39.1 Å². The maximum atomic E-state index is 13.5. The van der Waals surface area contributed by atoms with Crippen LogP contribution in [0.15, 0.2) is 24.3 Å². The van der Waals surface area contributed by atoms with Crippen LogP contribution in [0.2, 0.25) is 0 Å². The van der Waals surface area contributed by atoms with E-state index in [4.69, 9.17) is 4.74 Å². The predicted molar refractivity (Wildman–Crippen MR) is 130 cm³/mol. The second-order valence-corrected chi connectivity index (χ2v) is 10.2. The summed E-state index contributed by atoms with van der Waals surface area (Å²) in [6.45, 7) is 3.75. The summed E-state index contributed by atoms with van der Waals surface area (Å²) in [5.41, 5.74) is 0.629. The molecule has 7 heteroatoms. The summed E-state index contributed by atoms with van der Waals surface area (Å²) in [6.07, 6.45) is 9.14. The molecule has 0 aromatic heterocycles. The van der Waals surface area contributed by atoms with Gasteiger partial charge in [0.1, 0.15) is 18.4 Å². The lowest BCUT2D eigenvalue weighted by atomic mass is 9.73. The number of nitrogens with one attached hydrogen (secondary N) is 2. The first-order valence-corrected chi connectivity index (χ1v) is 13.1. The summed E-state index contributed by atoms with van der Waals surface area (Å²) in [6, 6.07) is 7.43. The van der Waals surface area contributed by atoms with E-state index in [1.165, 1.54) is 0 Å². The van der Waals surface area contributed by atoms with E-state index in [2.05, 4.69) is 16.7 Å². The van der Waals surface area contributed by atoms with Gasteiger partial charge in [-0.1, -0.05) is 37.5 Å². The highest BCUT2D eigenvalue weighted by atomic mass is 16.5. The molecular weight excluding hydrogens is 430 g/mol. The van der Waals surface area contributed by atoms with Gasteiger partial charge in [0.2, 0.25) is 17.7 Å². The average Bonchev–Trinajstić information content (AvgIpc) is 3.39. The second kappa shape index (κ2) is 11.2. The smallest absolute Gasteiger partial charge is 0.242 e. The first-order valence-electron chi connectivity index (χ1n) is 13.1. The van der Waals surface area contributed by atoms with Gasteiger partial charge >= 0.3 is 0 Å². The van der Waals surface area contributed by atoms with Crippen molar-refractivity contribution in [1.29, 1.82) is 0 Å². The number of para-hydroxylation sites is 1. The van der Waals surface area contributed by atoms with E-state index in [9.17, 15) is 14.4 Å². The third-order valence-electron chi connectivity index (χ3n) is 7.94. The average molecular weight is 470 g/mol. The van der Waals surface area contributed by atoms with Crippen LogP contribution in [0.25, 0.3) is 0 Å². The van der Waals surface area contributed by atoms with Crippen LogP contribution in [0.1, 0.15) is 70.3 Å². The monoisotopic (exact) mass is 469 g/mol. The maximum absolute atomic E-state index is 13.5. The van der Waals surface area contributed by atoms with Crippen molar-refractivity contribution < 1.29 is 19.1 Å². The van der Waals surface area contributed by atoms with Gasteiger partial charge < -0.3 is 20.3 Å². The lowest BCUT2D eigenvalue weighted by Crippen LogP contribution is -2.54. The molecule has 1 spiro atoms. The topological polar surface area (TPSA) is 87.7 Å². The van der Waals surface area contributed by atoms with E-state index in [1.807, 2.05) is 23.1 Å². The third-order valence-corrected chi connectivity index (χ3v) is 7.94. The Morgan fingerprint density at radius 1 is 1.03 bits per heavy atom. The molecule has 0 radical (unpaired) electrons. The Morgan fingerprint density at radius 3 is 2.53 bits per heavy atom. The Kier molecular flexibility index (Phi) is 8.11. The van der Waals surface area contributed by atoms with Gasteiger partial charge in [0, 0.05) is 19.0 Å². The van der Waals surface area contributed by atoms with Crippen LogP contribution in [-0.2, 0) is 20.8 Å². The van der Waals surface area contributed by atoms with E-state index in [0.717, 1.165) is 62.7 Å². The van der Waals surface area contributed by atoms with Gasteiger partial charge in [-0.15, -0.1) is 0 Å². The fraction of sp³-hybridized carbons (Fsp3) is 0.667. The second-order valence-electron chi connectivity index (χ2n) is 10.2. The molecule has 34 heavy (non-hydrogen) atoms. The van der Waals surface area contributed by atoms with Gasteiger partial charge in [-0.05, 0) is 63.5 Å². The maximum Gasteiger partial charge on any atom is 0.242 e. The molecular formula is C27H39N3O4. The quantitative estimate of drug-likeness (QED) is 0.661. The Hall–Kier alpha value is -2.57. The predicted octanol–water partition coefficient (Wildman–Crippen LogP) is 3.21. The first kappa shape index (κ1) is 24.6. The highest BCUT2D eigenvalue weighted by molar-refractivity contribution is 5.90. The lowest BCUT2D eigenvalue weighted by molar-refractivity contribution is -0.144. The number of rotatable bonds is 1. The number of aryl methyl sites for hydroxylation is 1. The highest BCUT2D eigenvalue weighted by Gasteiger charge is 2.43. The lowest BCUT2D eigenvalue weighted by Gasteiger charge is -2.42. The van der Waals surface area contributed by atoms with E-state index >= 15 is 0 Å². The van der Waals surface area contributed by atoms with E-state index in [-0.39, 0.29) is 23.6 Å². The van der Waals surface area contributed by atoms with Gasteiger partial charge in [0.15, 0.2) is 0 Å². The molecule has 3 aliphatic rings. The largest absolute Gasteiger partial charge is 0.491 e. The summed E-state index contributed by atoms with van der Waals surface area (Å²) >= 11 is 0. The van der Waals surface area contributed by atoms with Crippen LogP contribution in [0.3, 0.4) is 0 Å². The first-order chi connectivity index (χ1) is 16.5. The molecule has 2 N–H and O–H groups in total. The molecule has 186 valence electrons. The number of hydrogen-bond acceptors (Lipinski definition) is 4. The van der Waals surface area contributed by atoms with Crippen molar-refractivity contribution in [2.24, 2.45) is 11.3 Å². The Balaban J connectivity index is 1.46. The highest BCUT2D eigenvalue weighted by Crippen LogP contribution is 2.39. The van der Waals surface area contributed by atoms with Crippen LogP contribution in [0.4, 0.5) is 0 Å². The van der Waals surface area contributed by atoms with Crippen LogP contribution >= 0.6 is 0 Å². The number of ether oxygens (including phenoxy) is 1. The third kappa shape index (κ3) is 5.73. The van der Waals surface area contributed by atoms with Crippen molar-refractivity contribution >= 4 is 17.7 Å². The van der Waals surface area contributed by atoms with Gasteiger partial charge in [-0.3, -0.25) is 14.4 Å². The number of likely N-dealkylation sites (tertiary alicyclic amines) is 1. The Morgan fingerprint density at radius 2 is 1.76 bits per heavy atom. The minimum absolute atomic E-state index is 0.0466. The zero-order valence-electron chi connectivity index (χ0n) is 20.4. The molecule has 1 saturated carbocycles. The molecule has 7 nitrogen and oxygen atoms in total. The molecule has 1 aromatic rings. The van der Waals surface area contributed by atoms with Crippen LogP contribution in [-0.4, -0.2) is 54.9 Å². The zero-order chi connectivity index (χ0) is 24.0. The van der Waals surface area contributed by atoms with Gasteiger partial charge in [0.05, 0.1) is 12.0 Å². The molecule has 2 aliphatic heterocycles. The van der Waals surface area contributed by atoms with Crippen molar-refractivity contribution in [3.8, 4) is 5.75 Å². The SMILES string of the molecule is C[C@@H]1NC(=O)C2(CCCCc3ccccc3OCCNC1=O)CCN(C(=O)C1CCCC1)CC2. The molecule has 1 aliphatic carbocycles. The fourth-order valence-electron chi connectivity index (χ4n) is 5.71. The fourth-order valence-corrected chi connectivity index (χ4v) is 5.71. The van der Waals surface area contributed by atoms with Crippen molar-refractivity contribution in [3.05, 3.63) is 29.8 Å². The molecule has 3 amide bonds. The van der Waals surface area contributed by atoms with Crippen LogP contribution < -0.4 is 15.4 Å². The summed E-state index contributed by atoms with van der Waals surface area (Å²) in [7, 11) is 0. The summed E-state index contributed by atoms with van der Waals surface area (Å²) in [4.78, 5) is 41.0. The zero-order valence-corrected chi connectivity index (χ0v) is 20.4. The van der Waals surface area contributed by atoms with Crippen LogP contribution in [0, 0.1) is 11.3 Å². The van der Waals surface area contributed by atoms with E-state index in [1.54, 1.807) is 6.92 Å². The van der Waals surface area contributed by atoms with Crippen molar-refractivity contribution in [3.63, 3.8) is 0 Å². The number of hydrogen-bond donors (Lipinski definition) is 2. The number of benzene rings is 1. The molecule has 0 bridgehead atoms. The minimum atomic E-state index is -0.611. The van der Waals surface area contributed by atoms with Gasteiger partial charge in [0.25, 0.3) is 0 Å². The summed E-state index contributed by atoms with van der Waals surface area (Å²) in [5.74, 6) is 1.05. The molecule has 2 heterocycles. The van der Waals surface area contributed by atoms with Crippen LogP contribution in [0.5, 0.6) is 5.75 Å². The minimum Gasteiger partial charge on any atom is -0.491 e. The normalized spacial score (nSPS) is 24.9. The van der Waals surface area contributed by atoms with Crippen molar-refractivity contribution in [2.45, 2.75) is 77.2 Å². The standard InChI is InChI=1S/C27H39N3O4/c1-20-24(31)28-16-19-34-23-12-5-4-8-21(23)9-6-7-13-27(26(33)29-20)14-17-30(18-15-27)25(32)22-10-2-3-11-22/h4-5,8,12,20,22H,2-3,6-7,9-11,13-19H2,1H3,(H,28,31)(H,29,33)/t20-/m0/s1. The summed E-state index contributed by atoms with van der Waals surface area (Å²) < 4.78 is 5.92. The van der Waals surface area contributed by atoms with Gasteiger partial charge in [-0.2, -0.15) is 0 Å². The molecule has 1 atom stereocenters. The molecule has 4 rings (SSSR count). The number of amides is 3. The number of fused-ring (bicyclic) bond motifs is 1. The number of piperidine rings is 1. The number of carbonyl (C=O) groups excluding carboxylic acids is 3. The number of carbonyl (C=O) groups is 3. The number of nitrogens with zero attached hydrogens (tertiary/aromatic N) is 1. The molecule has 2 fully saturated rings. The molecule has 0 unspecified atom stereocenters. The Labute approximate surface area is 203 Å².